The molecular weight excluding hydrogens is 661 g/mol. The van der Waals surface area contributed by atoms with Crippen LogP contribution in [0.15, 0.2) is 72.8 Å². The van der Waals surface area contributed by atoms with Crippen LogP contribution in [0.25, 0.3) is 28.1 Å². The molecule has 39 heavy (non-hydrogen) atoms. The van der Waals surface area contributed by atoms with Crippen LogP contribution in [0.2, 0.25) is 0 Å². The van der Waals surface area contributed by atoms with Crippen molar-refractivity contribution in [1.29, 1.82) is 0 Å². The summed E-state index contributed by atoms with van der Waals surface area (Å²) in [6.07, 6.45) is 8.53. The minimum atomic E-state index is -0.240. The van der Waals surface area contributed by atoms with E-state index in [1.54, 1.807) is 0 Å². The van der Waals surface area contributed by atoms with Gasteiger partial charge in [-0.25, -0.2) is 0 Å². The number of rotatable bonds is 3. The van der Waals surface area contributed by atoms with Crippen molar-refractivity contribution in [3.63, 3.8) is 0 Å². The van der Waals surface area contributed by atoms with E-state index in [0.717, 1.165) is 53.8 Å². The summed E-state index contributed by atoms with van der Waals surface area (Å²) in [5.41, 5.74) is 5.56. The number of benzene rings is 3. The number of aliphatic hydroxyl groups is 2. The van der Waals surface area contributed by atoms with Gasteiger partial charge in [-0.05, 0) is 61.8 Å². The van der Waals surface area contributed by atoms with Crippen LogP contribution in [-0.2, 0) is 20.1 Å². The summed E-state index contributed by atoms with van der Waals surface area (Å²) in [7, 11) is 0. The molecule has 1 heterocycles. The first kappa shape index (κ1) is 29.7. The number of fused-ring (bicyclic) bond motifs is 2. The zero-order valence-corrected chi connectivity index (χ0v) is 25.5. The molecule has 209 valence electrons. The van der Waals surface area contributed by atoms with E-state index in [-0.39, 0.29) is 38.2 Å². The normalized spacial score (nSPS) is 23.1. The summed E-state index contributed by atoms with van der Waals surface area (Å²) in [5, 5.41) is 20.0. The van der Waals surface area contributed by atoms with E-state index in [1.807, 2.05) is 18.2 Å². The van der Waals surface area contributed by atoms with Crippen LogP contribution in [0.4, 0.5) is 0 Å². The van der Waals surface area contributed by atoms with E-state index in [0.29, 0.717) is 11.8 Å². The molecule has 5 heteroatoms. The van der Waals surface area contributed by atoms with Gasteiger partial charge in [0.05, 0.1) is 29.1 Å². The summed E-state index contributed by atoms with van der Waals surface area (Å²) >= 11 is 0. The van der Waals surface area contributed by atoms with Crippen LogP contribution < -0.4 is 0 Å². The average Bonchev–Trinajstić information content (AvgIpc) is 3.10. The number of hydrogen-bond acceptors (Lipinski definition) is 3. The Kier molecular flexibility index (Phi) is 10.5. The SMILES string of the molecule is CC(C)c1cc[c-]c(-c2nc3ccccc3n2-c2ccccc2)c1.OC1CCCCC2CCCCC(O)C12.[Ir]. The topological polar surface area (TPSA) is 58.3 Å². The molecule has 2 N–H and O–H groups in total. The Labute approximate surface area is 246 Å². The van der Waals surface area contributed by atoms with Gasteiger partial charge in [-0.2, -0.15) is 0 Å². The molecule has 1 aromatic heterocycles. The Balaban J connectivity index is 0.000000202. The van der Waals surface area contributed by atoms with E-state index < -0.39 is 0 Å². The van der Waals surface area contributed by atoms with Gasteiger partial charge in [-0.15, -0.1) is 35.4 Å². The van der Waals surface area contributed by atoms with Crippen molar-refractivity contribution in [2.75, 3.05) is 0 Å². The van der Waals surface area contributed by atoms with Gasteiger partial charge in [-0.3, -0.25) is 4.98 Å². The second-order valence-electron chi connectivity index (χ2n) is 11.3. The van der Waals surface area contributed by atoms with Crippen LogP contribution in [-0.4, -0.2) is 32.0 Å². The van der Waals surface area contributed by atoms with Gasteiger partial charge < -0.3 is 14.8 Å². The Morgan fingerprint density at radius 3 is 2.10 bits per heavy atom. The molecule has 2 fully saturated rings. The van der Waals surface area contributed by atoms with Gasteiger partial charge in [0.25, 0.3) is 0 Å². The molecule has 2 aliphatic carbocycles. The van der Waals surface area contributed by atoms with Crippen LogP contribution in [0, 0.1) is 17.9 Å². The first-order valence-corrected chi connectivity index (χ1v) is 14.4. The monoisotopic (exact) mass is 702 g/mol. The Hall–Kier alpha value is -2.30. The molecule has 0 amide bonds. The molecule has 3 aromatic carbocycles. The third-order valence-electron chi connectivity index (χ3n) is 8.39. The fraction of sp³-hybridized carbons (Fsp3) is 0.441. The standard InChI is InChI=1S/C22H19N2.C12H22O2.Ir/c1-16(2)17-9-8-10-18(15-17)22-23-20-13-6-7-14-21(20)24(22)19-11-4-3-5-12-19;13-10-7-3-1-5-9-6-2-4-8-11(14)12(9)10;/h3-9,11-16H,1-2H3;9-14H,1-8H2;/q-1;;. The molecule has 0 aliphatic heterocycles. The third-order valence-corrected chi connectivity index (χ3v) is 8.39. The molecule has 0 spiro atoms. The largest absolute Gasteiger partial charge is 0.393 e. The maximum Gasteiger partial charge on any atom is 0.0774 e. The van der Waals surface area contributed by atoms with Crippen molar-refractivity contribution < 1.29 is 30.3 Å². The van der Waals surface area contributed by atoms with Gasteiger partial charge in [0.2, 0.25) is 0 Å². The quantitative estimate of drug-likeness (QED) is 0.216. The van der Waals surface area contributed by atoms with E-state index in [9.17, 15) is 10.2 Å². The summed E-state index contributed by atoms with van der Waals surface area (Å²) < 4.78 is 2.21. The van der Waals surface area contributed by atoms with Gasteiger partial charge in [0.1, 0.15) is 0 Å². The molecule has 1 radical (unpaired) electrons. The summed E-state index contributed by atoms with van der Waals surface area (Å²) in [6, 6.07) is 28.3. The van der Waals surface area contributed by atoms with Gasteiger partial charge in [0.15, 0.2) is 0 Å². The van der Waals surface area contributed by atoms with Crippen molar-refractivity contribution in [2.24, 2.45) is 11.8 Å². The molecule has 2 saturated carbocycles. The van der Waals surface area contributed by atoms with E-state index >= 15 is 0 Å². The van der Waals surface area contributed by atoms with Crippen molar-refractivity contribution in [2.45, 2.75) is 83.3 Å². The molecular formula is C34H41IrN2O2-. The Bertz CT molecular complexity index is 1300. The van der Waals surface area contributed by atoms with Crippen molar-refractivity contribution in [1.82, 2.24) is 9.55 Å². The van der Waals surface area contributed by atoms with Crippen LogP contribution in [0.5, 0.6) is 0 Å². The van der Waals surface area contributed by atoms with Crippen LogP contribution in [0.1, 0.15) is 76.7 Å². The molecule has 4 nitrogen and oxygen atoms in total. The van der Waals surface area contributed by atoms with Crippen molar-refractivity contribution >= 4 is 11.0 Å². The molecule has 4 aromatic rings. The zero-order valence-electron chi connectivity index (χ0n) is 23.1. The van der Waals surface area contributed by atoms with Gasteiger partial charge in [0, 0.05) is 31.7 Å². The molecule has 6 rings (SSSR count). The second kappa shape index (κ2) is 13.9. The second-order valence-corrected chi connectivity index (χ2v) is 11.3. The molecule has 0 bridgehead atoms. The fourth-order valence-corrected chi connectivity index (χ4v) is 6.34. The van der Waals surface area contributed by atoms with E-state index in [4.69, 9.17) is 4.98 Å². The fourth-order valence-electron chi connectivity index (χ4n) is 6.34. The molecule has 2 aliphatic rings. The van der Waals surface area contributed by atoms with E-state index in [2.05, 4.69) is 79.1 Å². The van der Waals surface area contributed by atoms with Gasteiger partial charge >= 0.3 is 0 Å². The molecule has 0 saturated heterocycles. The summed E-state index contributed by atoms with van der Waals surface area (Å²) in [4.78, 5) is 4.89. The first-order valence-electron chi connectivity index (χ1n) is 14.4. The summed E-state index contributed by atoms with van der Waals surface area (Å²) in [5.74, 6) is 2.18. The first-order chi connectivity index (χ1) is 18.5. The number of aliphatic hydroxyl groups excluding tert-OH is 2. The smallest absolute Gasteiger partial charge is 0.0774 e. The maximum atomic E-state index is 10.0. The predicted molar refractivity (Wildman–Crippen MR) is 155 cm³/mol. The van der Waals surface area contributed by atoms with Gasteiger partial charge in [-0.1, -0.05) is 69.9 Å². The van der Waals surface area contributed by atoms with Crippen molar-refractivity contribution in [3.05, 3.63) is 84.4 Å². The van der Waals surface area contributed by atoms with Crippen molar-refractivity contribution in [3.8, 4) is 17.1 Å². The number of nitrogens with zero attached hydrogens (tertiary/aromatic N) is 2. The minimum absolute atomic E-state index is 0. The Morgan fingerprint density at radius 2 is 1.44 bits per heavy atom. The minimum Gasteiger partial charge on any atom is -0.393 e. The van der Waals surface area contributed by atoms with E-state index in [1.165, 1.54) is 31.2 Å². The predicted octanol–water partition coefficient (Wildman–Crippen LogP) is 7.70. The summed E-state index contributed by atoms with van der Waals surface area (Å²) in [6.45, 7) is 4.42. The number of hydrogen-bond donors (Lipinski definition) is 2. The number of para-hydroxylation sites is 3. The molecule has 2 atom stereocenters. The van der Waals surface area contributed by atoms with Crippen LogP contribution >= 0.6 is 0 Å². The maximum absolute atomic E-state index is 10.0. The Morgan fingerprint density at radius 1 is 0.821 bits per heavy atom. The van der Waals surface area contributed by atoms with Crippen LogP contribution in [0.3, 0.4) is 0 Å². The molecule has 2 unspecified atom stereocenters. The average molecular weight is 702 g/mol. The zero-order chi connectivity index (χ0) is 26.5. The number of aromatic nitrogens is 2. The number of imidazole rings is 1. The third kappa shape index (κ3) is 6.89.